The molecular weight excluding hydrogens is 240 g/mol. The van der Waals surface area contributed by atoms with E-state index in [2.05, 4.69) is 13.8 Å². The quantitative estimate of drug-likeness (QED) is 0.579. The molecule has 0 aliphatic carbocycles. The Morgan fingerprint density at radius 1 is 1.12 bits per heavy atom. The monoisotopic (exact) mass is 258 g/mol. The number of rotatable bonds is 6. The number of hydrogen-bond donors (Lipinski definition) is 0. The number of benzene rings is 1. The molecule has 0 aromatic heterocycles. The summed E-state index contributed by atoms with van der Waals surface area (Å²) in [6, 6.07) is 6.74. The van der Waals surface area contributed by atoms with E-state index in [1.165, 1.54) is 7.11 Å². The van der Waals surface area contributed by atoms with Crippen molar-refractivity contribution in [1.29, 1.82) is 0 Å². The third kappa shape index (κ3) is 4.11. The molecule has 96 valence electrons. The van der Waals surface area contributed by atoms with Gasteiger partial charge in [-0.15, -0.1) is 0 Å². The normalized spacial score (nSPS) is 12.0. The fourth-order valence-corrected chi connectivity index (χ4v) is 2.21. The summed E-state index contributed by atoms with van der Waals surface area (Å²) in [4.78, 5) is 0.179. The highest BCUT2D eigenvalue weighted by Gasteiger charge is 2.14. The summed E-state index contributed by atoms with van der Waals surface area (Å²) in [6.07, 6.45) is 0. The molecule has 0 atom stereocenters. The zero-order chi connectivity index (χ0) is 12.9. The topological polar surface area (TPSA) is 52.6 Å². The van der Waals surface area contributed by atoms with Gasteiger partial charge in [-0.1, -0.05) is 26.0 Å². The summed E-state index contributed by atoms with van der Waals surface area (Å²) >= 11 is 0. The lowest BCUT2D eigenvalue weighted by Crippen LogP contribution is -2.10. The number of ether oxygens (including phenoxy) is 1. The summed E-state index contributed by atoms with van der Waals surface area (Å²) in [6.45, 7) is 4.39. The average Bonchev–Trinajstić information content (AvgIpc) is 2.29. The van der Waals surface area contributed by atoms with Crippen molar-refractivity contribution in [2.24, 2.45) is 0 Å². The Labute approximate surface area is 103 Å². The Morgan fingerprint density at radius 2 is 1.71 bits per heavy atom. The van der Waals surface area contributed by atoms with Gasteiger partial charge in [-0.25, -0.2) is 0 Å². The van der Waals surface area contributed by atoms with Crippen LogP contribution in [0.25, 0.3) is 0 Å². The molecule has 1 rings (SSSR count). The highest BCUT2D eigenvalue weighted by Crippen LogP contribution is 2.18. The van der Waals surface area contributed by atoms with Crippen LogP contribution in [0, 0.1) is 0 Å². The molecule has 1 aromatic carbocycles. The van der Waals surface area contributed by atoms with Crippen molar-refractivity contribution in [2.45, 2.75) is 24.7 Å². The molecule has 0 spiro atoms. The van der Waals surface area contributed by atoms with Gasteiger partial charge in [0.2, 0.25) is 0 Å². The minimum atomic E-state index is -3.65. The maximum atomic E-state index is 11.7. The number of hydrogen-bond acceptors (Lipinski definition) is 4. The van der Waals surface area contributed by atoms with Crippen LogP contribution < -0.4 is 0 Å². The summed E-state index contributed by atoms with van der Waals surface area (Å²) in [7, 11) is -2.16. The third-order valence-corrected chi connectivity index (χ3v) is 3.69. The largest absolute Gasteiger partial charge is 0.382 e. The lowest BCUT2D eigenvalue weighted by atomic mass is 10.0. The molecule has 0 aliphatic heterocycles. The first-order chi connectivity index (χ1) is 7.97. The van der Waals surface area contributed by atoms with Crippen molar-refractivity contribution in [1.82, 2.24) is 0 Å². The Bertz CT molecular complexity index is 434. The molecule has 0 heterocycles. The molecule has 0 N–H and O–H groups in total. The van der Waals surface area contributed by atoms with Gasteiger partial charge in [0.1, 0.15) is 0 Å². The van der Waals surface area contributed by atoms with Crippen LogP contribution in [0.3, 0.4) is 0 Å². The minimum absolute atomic E-state index is 0.0325. The van der Waals surface area contributed by atoms with Crippen molar-refractivity contribution in [2.75, 3.05) is 20.3 Å². The molecule has 17 heavy (non-hydrogen) atoms. The minimum Gasteiger partial charge on any atom is -0.382 e. The standard InChI is InChI=1S/C12H18O4S/c1-10(2)11-4-6-12(7-5-11)17(13,14)16-9-8-15-3/h4-7,10H,8-9H2,1-3H3. The van der Waals surface area contributed by atoms with E-state index in [-0.39, 0.29) is 18.1 Å². The molecule has 0 aliphatic rings. The van der Waals surface area contributed by atoms with Crippen molar-refractivity contribution in [3.05, 3.63) is 29.8 Å². The second-order valence-electron chi connectivity index (χ2n) is 3.99. The Balaban J connectivity index is 2.78. The molecule has 0 amide bonds. The Hall–Kier alpha value is -0.910. The molecule has 5 heteroatoms. The molecule has 1 aromatic rings. The maximum Gasteiger partial charge on any atom is 0.297 e. The fourth-order valence-electron chi connectivity index (χ4n) is 1.31. The van der Waals surface area contributed by atoms with E-state index < -0.39 is 10.1 Å². The highest BCUT2D eigenvalue weighted by molar-refractivity contribution is 7.86. The predicted molar refractivity (Wildman–Crippen MR) is 65.5 cm³/mol. The third-order valence-electron chi connectivity index (χ3n) is 2.36. The van der Waals surface area contributed by atoms with E-state index in [1.807, 2.05) is 0 Å². The van der Waals surface area contributed by atoms with E-state index >= 15 is 0 Å². The molecule has 0 saturated heterocycles. The van der Waals surface area contributed by atoms with Gasteiger partial charge in [0.15, 0.2) is 0 Å². The Morgan fingerprint density at radius 3 is 2.18 bits per heavy atom. The zero-order valence-electron chi connectivity index (χ0n) is 10.3. The fraction of sp³-hybridized carbons (Fsp3) is 0.500. The Kier molecular flexibility index (Phi) is 5.11. The number of methoxy groups -OCH3 is 1. The first kappa shape index (κ1) is 14.2. The van der Waals surface area contributed by atoms with Crippen LogP contribution in [0.4, 0.5) is 0 Å². The highest BCUT2D eigenvalue weighted by atomic mass is 32.2. The van der Waals surface area contributed by atoms with Crippen molar-refractivity contribution < 1.29 is 17.3 Å². The second-order valence-corrected chi connectivity index (χ2v) is 5.61. The van der Waals surface area contributed by atoms with Gasteiger partial charge in [-0.3, -0.25) is 4.18 Å². The van der Waals surface area contributed by atoms with E-state index in [4.69, 9.17) is 8.92 Å². The van der Waals surface area contributed by atoms with Crippen LogP contribution in [0.2, 0.25) is 0 Å². The molecular formula is C12H18O4S. The summed E-state index contributed by atoms with van der Waals surface area (Å²) < 4.78 is 33.0. The van der Waals surface area contributed by atoms with Crippen LogP contribution in [-0.2, 0) is 19.0 Å². The van der Waals surface area contributed by atoms with Crippen LogP contribution >= 0.6 is 0 Å². The molecule has 0 fully saturated rings. The lowest BCUT2D eigenvalue weighted by Gasteiger charge is -2.08. The van der Waals surface area contributed by atoms with Crippen molar-refractivity contribution in [3.8, 4) is 0 Å². The molecule has 0 radical (unpaired) electrons. The van der Waals surface area contributed by atoms with Gasteiger partial charge in [0, 0.05) is 7.11 Å². The van der Waals surface area contributed by atoms with E-state index in [9.17, 15) is 8.42 Å². The average molecular weight is 258 g/mol. The van der Waals surface area contributed by atoms with Crippen LogP contribution in [-0.4, -0.2) is 28.7 Å². The van der Waals surface area contributed by atoms with Crippen LogP contribution in [0.5, 0.6) is 0 Å². The first-order valence-corrected chi connectivity index (χ1v) is 6.86. The van der Waals surface area contributed by atoms with Crippen LogP contribution in [0.1, 0.15) is 25.3 Å². The van der Waals surface area contributed by atoms with Crippen molar-refractivity contribution in [3.63, 3.8) is 0 Å². The predicted octanol–water partition coefficient (Wildman–Crippen LogP) is 2.16. The summed E-state index contributed by atoms with van der Waals surface area (Å²) in [5, 5.41) is 0. The SMILES string of the molecule is COCCOS(=O)(=O)c1ccc(C(C)C)cc1. The molecule has 0 bridgehead atoms. The molecule has 0 unspecified atom stereocenters. The van der Waals surface area contributed by atoms with Gasteiger partial charge in [0.05, 0.1) is 18.1 Å². The lowest BCUT2D eigenvalue weighted by molar-refractivity contribution is 0.149. The molecule has 0 saturated carbocycles. The van der Waals surface area contributed by atoms with E-state index in [0.717, 1.165) is 5.56 Å². The second kappa shape index (κ2) is 6.14. The van der Waals surface area contributed by atoms with Gasteiger partial charge < -0.3 is 4.74 Å². The maximum absolute atomic E-state index is 11.7. The smallest absolute Gasteiger partial charge is 0.297 e. The van der Waals surface area contributed by atoms with Gasteiger partial charge in [0.25, 0.3) is 10.1 Å². The van der Waals surface area contributed by atoms with Crippen LogP contribution in [0.15, 0.2) is 29.2 Å². The van der Waals surface area contributed by atoms with E-state index in [0.29, 0.717) is 5.92 Å². The molecule has 4 nitrogen and oxygen atoms in total. The zero-order valence-corrected chi connectivity index (χ0v) is 11.2. The first-order valence-electron chi connectivity index (χ1n) is 5.45. The van der Waals surface area contributed by atoms with Gasteiger partial charge in [-0.2, -0.15) is 8.42 Å². The summed E-state index contributed by atoms with van der Waals surface area (Å²) in [5.41, 5.74) is 1.10. The van der Waals surface area contributed by atoms with Gasteiger partial charge >= 0.3 is 0 Å². The van der Waals surface area contributed by atoms with E-state index in [1.54, 1.807) is 24.3 Å². The summed E-state index contributed by atoms with van der Waals surface area (Å²) in [5.74, 6) is 0.376. The van der Waals surface area contributed by atoms with Crippen molar-refractivity contribution >= 4 is 10.1 Å². The van der Waals surface area contributed by atoms with Gasteiger partial charge in [-0.05, 0) is 23.6 Å².